The van der Waals surface area contributed by atoms with E-state index in [4.69, 9.17) is 4.74 Å². The standard InChI is InChI=1S/C19H23NO/c1-14(15-8-10-19(21-2)11-9-15)20-18-12-17(13-18)16-6-4-3-5-7-16/h3-11,14,17-18,20H,12-13H2,1-2H3/t14-,17?,18?/m1/s1. The second-order valence-electron chi connectivity index (χ2n) is 5.94. The van der Waals surface area contributed by atoms with Crippen molar-refractivity contribution in [3.8, 4) is 5.75 Å². The Morgan fingerprint density at radius 1 is 1.00 bits per heavy atom. The molecule has 1 aliphatic carbocycles. The van der Waals surface area contributed by atoms with Gasteiger partial charge < -0.3 is 10.1 Å². The number of hydrogen-bond donors (Lipinski definition) is 1. The summed E-state index contributed by atoms with van der Waals surface area (Å²) in [6, 6.07) is 20.2. The first-order chi connectivity index (χ1) is 10.3. The monoisotopic (exact) mass is 281 g/mol. The zero-order valence-corrected chi connectivity index (χ0v) is 12.8. The van der Waals surface area contributed by atoms with Crippen LogP contribution < -0.4 is 10.1 Å². The van der Waals surface area contributed by atoms with Crippen LogP contribution in [0.25, 0.3) is 0 Å². The van der Waals surface area contributed by atoms with Gasteiger partial charge in [0, 0.05) is 12.1 Å². The van der Waals surface area contributed by atoms with Gasteiger partial charge >= 0.3 is 0 Å². The molecule has 1 atom stereocenters. The van der Waals surface area contributed by atoms with Gasteiger partial charge in [-0.05, 0) is 48.9 Å². The molecule has 1 N–H and O–H groups in total. The Morgan fingerprint density at radius 2 is 1.67 bits per heavy atom. The molecule has 0 saturated heterocycles. The number of rotatable bonds is 5. The summed E-state index contributed by atoms with van der Waals surface area (Å²) in [4.78, 5) is 0. The lowest BCUT2D eigenvalue weighted by Gasteiger charge is -2.38. The summed E-state index contributed by atoms with van der Waals surface area (Å²) in [5.41, 5.74) is 2.80. The van der Waals surface area contributed by atoms with Crippen LogP contribution in [0.15, 0.2) is 54.6 Å². The molecule has 0 amide bonds. The van der Waals surface area contributed by atoms with E-state index in [-0.39, 0.29) is 0 Å². The van der Waals surface area contributed by atoms with E-state index in [1.165, 1.54) is 24.0 Å². The molecule has 0 radical (unpaired) electrons. The van der Waals surface area contributed by atoms with Crippen LogP contribution >= 0.6 is 0 Å². The molecule has 1 fully saturated rings. The molecule has 0 aromatic heterocycles. The first-order valence-electron chi connectivity index (χ1n) is 7.71. The van der Waals surface area contributed by atoms with Crippen LogP contribution in [-0.4, -0.2) is 13.2 Å². The highest BCUT2D eigenvalue weighted by atomic mass is 16.5. The summed E-state index contributed by atoms with van der Waals surface area (Å²) in [7, 11) is 1.70. The minimum absolute atomic E-state index is 0.387. The number of ether oxygens (including phenoxy) is 1. The molecule has 1 saturated carbocycles. The zero-order chi connectivity index (χ0) is 14.7. The van der Waals surface area contributed by atoms with Crippen LogP contribution in [0.3, 0.4) is 0 Å². The predicted molar refractivity (Wildman–Crippen MR) is 86.7 cm³/mol. The fourth-order valence-corrected chi connectivity index (χ4v) is 3.09. The first-order valence-corrected chi connectivity index (χ1v) is 7.71. The van der Waals surface area contributed by atoms with Crippen molar-refractivity contribution in [2.45, 2.75) is 37.8 Å². The lowest BCUT2D eigenvalue weighted by molar-refractivity contribution is 0.271. The topological polar surface area (TPSA) is 21.3 Å². The van der Waals surface area contributed by atoms with Gasteiger partial charge in [0.15, 0.2) is 0 Å². The van der Waals surface area contributed by atoms with Gasteiger partial charge in [-0.2, -0.15) is 0 Å². The predicted octanol–water partition coefficient (Wildman–Crippen LogP) is 4.29. The third-order valence-electron chi connectivity index (χ3n) is 4.51. The number of benzene rings is 2. The molecule has 0 spiro atoms. The molecule has 2 heteroatoms. The maximum Gasteiger partial charge on any atom is 0.118 e. The number of hydrogen-bond acceptors (Lipinski definition) is 2. The van der Waals surface area contributed by atoms with Crippen LogP contribution in [0.5, 0.6) is 5.75 Å². The minimum atomic E-state index is 0.387. The van der Waals surface area contributed by atoms with Crippen molar-refractivity contribution in [3.05, 3.63) is 65.7 Å². The summed E-state index contributed by atoms with van der Waals surface area (Å²) >= 11 is 0. The summed E-state index contributed by atoms with van der Waals surface area (Å²) in [5, 5.41) is 3.73. The summed E-state index contributed by atoms with van der Waals surface area (Å²) in [6.07, 6.45) is 2.48. The molecular weight excluding hydrogens is 258 g/mol. The fraction of sp³-hybridized carbons (Fsp3) is 0.368. The Kier molecular flexibility index (Phi) is 4.26. The van der Waals surface area contributed by atoms with E-state index in [0.29, 0.717) is 12.1 Å². The quantitative estimate of drug-likeness (QED) is 0.882. The van der Waals surface area contributed by atoms with Gasteiger partial charge in [0.1, 0.15) is 5.75 Å². The van der Waals surface area contributed by atoms with Crippen molar-refractivity contribution < 1.29 is 4.74 Å². The van der Waals surface area contributed by atoms with Crippen molar-refractivity contribution in [1.82, 2.24) is 5.32 Å². The molecule has 0 bridgehead atoms. The van der Waals surface area contributed by atoms with Crippen LogP contribution in [0.4, 0.5) is 0 Å². The van der Waals surface area contributed by atoms with Crippen molar-refractivity contribution in [3.63, 3.8) is 0 Å². The van der Waals surface area contributed by atoms with E-state index < -0.39 is 0 Å². The van der Waals surface area contributed by atoms with Crippen molar-refractivity contribution in [2.24, 2.45) is 0 Å². The average molecular weight is 281 g/mol. The van der Waals surface area contributed by atoms with Gasteiger partial charge in [-0.15, -0.1) is 0 Å². The zero-order valence-electron chi connectivity index (χ0n) is 12.8. The molecule has 2 aromatic carbocycles. The van der Waals surface area contributed by atoms with E-state index in [2.05, 4.69) is 54.7 Å². The largest absolute Gasteiger partial charge is 0.497 e. The molecule has 0 aliphatic heterocycles. The van der Waals surface area contributed by atoms with Gasteiger partial charge in [0.2, 0.25) is 0 Å². The van der Waals surface area contributed by atoms with Gasteiger partial charge in [0.05, 0.1) is 7.11 Å². The second kappa shape index (κ2) is 6.31. The Bertz CT molecular complexity index is 558. The molecule has 110 valence electrons. The van der Waals surface area contributed by atoms with E-state index in [1.54, 1.807) is 7.11 Å². The van der Waals surface area contributed by atoms with E-state index in [0.717, 1.165) is 11.7 Å². The van der Waals surface area contributed by atoms with Crippen LogP contribution in [-0.2, 0) is 0 Å². The minimum Gasteiger partial charge on any atom is -0.497 e. The van der Waals surface area contributed by atoms with Crippen LogP contribution in [0.1, 0.15) is 42.9 Å². The Hall–Kier alpha value is -1.80. The third kappa shape index (κ3) is 3.27. The molecule has 3 rings (SSSR count). The summed E-state index contributed by atoms with van der Waals surface area (Å²) in [5.74, 6) is 1.64. The Morgan fingerprint density at radius 3 is 2.29 bits per heavy atom. The molecule has 21 heavy (non-hydrogen) atoms. The molecule has 0 unspecified atom stereocenters. The SMILES string of the molecule is COc1ccc([C@@H](C)NC2CC(c3ccccc3)C2)cc1. The highest BCUT2D eigenvalue weighted by molar-refractivity contribution is 5.29. The maximum absolute atomic E-state index is 5.20. The van der Waals surface area contributed by atoms with Crippen LogP contribution in [0.2, 0.25) is 0 Å². The lowest BCUT2D eigenvalue weighted by Crippen LogP contribution is -2.41. The van der Waals surface area contributed by atoms with Crippen LogP contribution in [0, 0.1) is 0 Å². The van der Waals surface area contributed by atoms with Crippen molar-refractivity contribution >= 4 is 0 Å². The highest BCUT2D eigenvalue weighted by Gasteiger charge is 2.30. The molecule has 1 aliphatic rings. The van der Waals surface area contributed by atoms with Gasteiger partial charge in [-0.25, -0.2) is 0 Å². The second-order valence-corrected chi connectivity index (χ2v) is 5.94. The maximum atomic E-state index is 5.20. The highest BCUT2D eigenvalue weighted by Crippen LogP contribution is 2.37. The van der Waals surface area contributed by atoms with Crippen molar-refractivity contribution in [1.29, 1.82) is 0 Å². The van der Waals surface area contributed by atoms with E-state index >= 15 is 0 Å². The molecule has 2 aromatic rings. The first kappa shape index (κ1) is 14.2. The van der Waals surface area contributed by atoms with Gasteiger partial charge in [0.25, 0.3) is 0 Å². The van der Waals surface area contributed by atoms with Gasteiger partial charge in [-0.3, -0.25) is 0 Å². The summed E-state index contributed by atoms with van der Waals surface area (Å²) in [6.45, 7) is 2.23. The number of nitrogens with one attached hydrogen (secondary N) is 1. The lowest BCUT2D eigenvalue weighted by atomic mass is 9.75. The normalized spacial score (nSPS) is 22.4. The van der Waals surface area contributed by atoms with Crippen molar-refractivity contribution in [2.75, 3.05) is 7.11 Å². The summed E-state index contributed by atoms with van der Waals surface area (Å²) < 4.78 is 5.20. The Balaban J connectivity index is 1.51. The smallest absolute Gasteiger partial charge is 0.118 e. The molecular formula is C19H23NO. The average Bonchev–Trinajstić information content (AvgIpc) is 2.51. The fourth-order valence-electron chi connectivity index (χ4n) is 3.09. The molecule has 2 nitrogen and oxygen atoms in total. The Labute approximate surface area is 127 Å². The van der Waals surface area contributed by atoms with E-state index in [1.807, 2.05) is 12.1 Å². The van der Waals surface area contributed by atoms with Gasteiger partial charge in [-0.1, -0.05) is 42.5 Å². The number of methoxy groups -OCH3 is 1. The van der Waals surface area contributed by atoms with E-state index in [9.17, 15) is 0 Å². The molecule has 0 heterocycles. The third-order valence-corrected chi connectivity index (χ3v) is 4.51.